The number of aliphatic hydroxyl groups excluding tert-OH is 3. The lowest BCUT2D eigenvalue weighted by Crippen LogP contribution is -2.65. The molecule has 0 aromatic heterocycles. The molecule has 22 heteroatoms. The van der Waals surface area contributed by atoms with E-state index in [0.29, 0.717) is 12.8 Å². The summed E-state index contributed by atoms with van der Waals surface area (Å²) in [4.78, 5) is 73.0. The highest BCUT2D eigenvalue weighted by Gasteiger charge is 2.56. The fourth-order valence-electron chi connectivity index (χ4n) is 7.11. The number of hydrogen-bond acceptors (Lipinski definition) is 14. The topological polar surface area (TPSA) is 303 Å². The molecule has 8 N–H and O–H groups in total. The number of aliphatic hydroxyl groups is 3. The molecular formula is C41H79O19P3. The summed E-state index contributed by atoms with van der Waals surface area (Å²) in [7, 11) is -16.6. The summed E-state index contributed by atoms with van der Waals surface area (Å²) in [5.74, 6) is -1.30. The van der Waals surface area contributed by atoms with Gasteiger partial charge < -0.3 is 49.3 Å². The number of phosphoric acid groups is 3. The van der Waals surface area contributed by atoms with Gasteiger partial charge in [-0.2, -0.15) is 0 Å². The van der Waals surface area contributed by atoms with Gasteiger partial charge >= 0.3 is 35.4 Å². The van der Waals surface area contributed by atoms with Crippen LogP contribution in [0.1, 0.15) is 181 Å². The summed E-state index contributed by atoms with van der Waals surface area (Å²) in [5.41, 5.74) is 0. The molecule has 0 aromatic rings. The zero-order valence-electron chi connectivity index (χ0n) is 37.4. The summed E-state index contributed by atoms with van der Waals surface area (Å²) in [6.45, 7) is 2.91. The molecule has 0 spiro atoms. The normalized spacial score (nSPS) is 22.3. The number of unbranched alkanes of at least 4 members (excludes halogenated alkanes) is 21. The molecule has 0 amide bonds. The van der Waals surface area contributed by atoms with Crippen LogP contribution in [0.3, 0.4) is 0 Å². The molecule has 372 valence electrons. The fraction of sp³-hybridized carbons (Fsp3) is 0.902. The molecule has 0 bridgehead atoms. The van der Waals surface area contributed by atoms with E-state index in [1.807, 2.05) is 0 Å². The molecule has 19 nitrogen and oxygen atoms in total. The minimum atomic E-state index is -5.60. The van der Waals surface area contributed by atoms with Crippen molar-refractivity contribution in [2.24, 2.45) is 0 Å². The number of esters is 2. The highest BCUT2D eigenvalue weighted by molar-refractivity contribution is 7.47. The first-order valence-electron chi connectivity index (χ1n) is 23.0. The third-order valence-corrected chi connectivity index (χ3v) is 12.6. The van der Waals surface area contributed by atoms with Crippen LogP contribution in [0.4, 0.5) is 0 Å². The lowest BCUT2D eigenvalue weighted by atomic mass is 9.85. The molecule has 63 heavy (non-hydrogen) atoms. The molecule has 0 saturated heterocycles. The van der Waals surface area contributed by atoms with Gasteiger partial charge in [-0.15, -0.1) is 0 Å². The van der Waals surface area contributed by atoms with Crippen molar-refractivity contribution in [3.05, 3.63) is 12.2 Å². The maximum atomic E-state index is 13.1. The lowest BCUT2D eigenvalue weighted by Gasteiger charge is -2.44. The second-order valence-corrected chi connectivity index (χ2v) is 20.1. The second-order valence-electron chi connectivity index (χ2n) is 16.3. The zero-order valence-corrected chi connectivity index (χ0v) is 40.1. The Morgan fingerprint density at radius 1 is 0.492 bits per heavy atom. The average molecular weight is 969 g/mol. The van der Waals surface area contributed by atoms with Crippen molar-refractivity contribution in [3.8, 4) is 0 Å². The molecule has 0 heterocycles. The van der Waals surface area contributed by atoms with Crippen molar-refractivity contribution in [2.45, 2.75) is 224 Å². The van der Waals surface area contributed by atoms with Crippen LogP contribution in [0.15, 0.2) is 12.2 Å². The number of phosphoric ester groups is 3. The molecule has 1 aliphatic carbocycles. The third-order valence-electron chi connectivity index (χ3n) is 10.6. The van der Waals surface area contributed by atoms with Crippen molar-refractivity contribution in [1.82, 2.24) is 0 Å². The summed E-state index contributed by atoms with van der Waals surface area (Å²) >= 11 is 0. The Bertz CT molecular complexity index is 1390. The number of rotatable bonds is 39. The van der Waals surface area contributed by atoms with Crippen LogP contribution in [0.5, 0.6) is 0 Å². The third kappa shape index (κ3) is 30.7. The molecular weight excluding hydrogens is 889 g/mol. The fourth-order valence-corrected chi connectivity index (χ4v) is 9.20. The quantitative estimate of drug-likeness (QED) is 0.0126. The largest absolute Gasteiger partial charge is 0.472 e. The van der Waals surface area contributed by atoms with Crippen molar-refractivity contribution in [2.75, 3.05) is 13.2 Å². The van der Waals surface area contributed by atoms with Gasteiger partial charge in [0.1, 0.15) is 43.2 Å². The molecule has 0 aromatic carbocycles. The zero-order chi connectivity index (χ0) is 47.2. The van der Waals surface area contributed by atoms with Gasteiger partial charge in [0.05, 0.1) is 6.61 Å². The molecule has 1 rings (SSSR count). The van der Waals surface area contributed by atoms with Crippen molar-refractivity contribution < 1.29 is 90.6 Å². The van der Waals surface area contributed by atoms with Gasteiger partial charge in [0.2, 0.25) is 0 Å². The first-order valence-corrected chi connectivity index (χ1v) is 27.5. The van der Waals surface area contributed by atoms with Crippen LogP contribution >= 0.6 is 23.5 Å². The Labute approximate surface area is 374 Å². The number of carbonyl (C=O) groups excluding carboxylic acids is 2. The van der Waals surface area contributed by atoms with Crippen LogP contribution in [0, 0.1) is 0 Å². The van der Waals surface area contributed by atoms with Crippen LogP contribution in [-0.2, 0) is 50.9 Å². The van der Waals surface area contributed by atoms with E-state index in [2.05, 4.69) is 35.0 Å². The Kier molecular flexibility index (Phi) is 32.5. The predicted molar refractivity (Wildman–Crippen MR) is 234 cm³/mol. The van der Waals surface area contributed by atoms with Gasteiger partial charge in [-0.1, -0.05) is 142 Å². The van der Waals surface area contributed by atoms with Gasteiger partial charge in [0, 0.05) is 12.8 Å². The van der Waals surface area contributed by atoms with Crippen molar-refractivity contribution >= 4 is 35.4 Å². The van der Waals surface area contributed by atoms with E-state index >= 15 is 0 Å². The van der Waals surface area contributed by atoms with Crippen LogP contribution in [-0.4, -0.2) is 108 Å². The van der Waals surface area contributed by atoms with Gasteiger partial charge in [-0.25, -0.2) is 13.7 Å². The van der Waals surface area contributed by atoms with E-state index in [0.717, 1.165) is 64.2 Å². The monoisotopic (exact) mass is 968 g/mol. The summed E-state index contributed by atoms with van der Waals surface area (Å²) in [6, 6.07) is 0. The summed E-state index contributed by atoms with van der Waals surface area (Å²) in [5, 5.41) is 31.8. The highest BCUT2D eigenvalue weighted by atomic mass is 31.2. The van der Waals surface area contributed by atoms with E-state index < -0.39 is 91.3 Å². The molecule has 1 saturated carbocycles. The van der Waals surface area contributed by atoms with E-state index in [4.69, 9.17) is 18.5 Å². The molecule has 1 fully saturated rings. The predicted octanol–water partition coefficient (Wildman–Crippen LogP) is 7.73. The molecule has 0 radical (unpaired) electrons. The van der Waals surface area contributed by atoms with Gasteiger partial charge in [0.25, 0.3) is 0 Å². The maximum absolute atomic E-state index is 13.1. The Morgan fingerprint density at radius 2 is 0.873 bits per heavy atom. The summed E-state index contributed by atoms with van der Waals surface area (Å²) in [6.07, 6.45) is 13.9. The SMILES string of the molecule is CCCCCCC=CCCCCCCCC(=O)OCC(COP(=O)(O)OC1C(O)C(O)C(OP(=O)(O)O)C(OP(=O)(O)O)C1O)OC(=O)CCCCCCCCCCCCCCC. The number of ether oxygens (including phenoxy) is 2. The highest BCUT2D eigenvalue weighted by Crippen LogP contribution is 2.51. The molecule has 8 atom stereocenters. The average Bonchev–Trinajstić information content (AvgIpc) is 3.20. The Balaban J connectivity index is 2.76. The van der Waals surface area contributed by atoms with E-state index in [1.54, 1.807) is 0 Å². The van der Waals surface area contributed by atoms with E-state index in [1.165, 1.54) is 77.0 Å². The molecule has 1 aliphatic rings. The van der Waals surface area contributed by atoms with Gasteiger partial charge in [-0.3, -0.25) is 27.7 Å². The number of hydrogen-bond donors (Lipinski definition) is 8. The van der Waals surface area contributed by atoms with E-state index in [9.17, 15) is 63.1 Å². The summed E-state index contributed by atoms with van der Waals surface area (Å²) < 4.78 is 65.3. The number of carbonyl (C=O) groups is 2. The van der Waals surface area contributed by atoms with Crippen molar-refractivity contribution in [3.63, 3.8) is 0 Å². The first kappa shape index (κ1) is 59.9. The van der Waals surface area contributed by atoms with Gasteiger partial charge in [-0.05, 0) is 38.5 Å². The lowest BCUT2D eigenvalue weighted by molar-refractivity contribution is -0.213. The minimum absolute atomic E-state index is 0.00139. The maximum Gasteiger partial charge on any atom is 0.472 e. The second kappa shape index (κ2) is 34.2. The minimum Gasteiger partial charge on any atom is -0.462 e. The molecule has 8 unspecified atom stereocenters. The van der Waals surface area contributed by atoms with Crippen LogP contribution in [0.25, 0.3) is 0 Å². The van der Waals surface area contributed by atoms with E-state index in [-0.39, 0.29) is 12.8 Å². The molecule has 0 aliphatic heterocycles. The van der Waals surface area contributed by atoms with Crippen molar-refractivity contribution in [1.29, 1.82) is 0 Å². The Hall–Kier alpha value is -1.11. The Morgan fingerprint density at radius 3 is 1.33 bits per heavy atom. The van der Waals surface area contributed by atoms with Crippen LogP contribution < -0.4 is 0 Å². The van der Waals surface area contributed by atoms with Gasteiger partial charge in [0.15, 0.2) is 6.10 Å². The smallest absolute Gasteiger partial charge is 0.462 e. The van der Waals surface area contributed by atoms with Crippen LogP contribution in [0.2, 0.25) is 0 Å². The first-order chi connectivity index (χ1) is 29.8. The standard InChI is InChI=1S/C41H79O19P3/c1-3-5-7-9-11-13-15-17-19-21-23-25-27-29-34(42)55-31-33(57-35(43)30-28-26-24-22-20-18-16-14-12-10-8-6-4-2)32-56-63(53,54)60-39-36(44)37(45)40(58-61(47,48)49)41(38(39)46)59-62(50,51)52/h13,15,33,36-41,44-46H,3-12,14,16-32H2,1-2H3,(H,53,54)(H2,47,48,49)(H2,50,51,52). The number of allylic oxidation sites excluding steroid dienone is 2.